The zero-order chi connectivity index (χ0) is 12.8. The quantitative estimate of drug-likeness (QED) is 0.848. The van der Waals surface area contributed by atoms with Crippen molar-refractivity contribution in [3.05, 3.63) is 22.8 Å². The number of aromatic nitrogens is 1. The highest BCUT2D eigenvalue weighted by atomic mass is 35.5. The Bertz CT molecular complexity index is 397. The Labute approximate surface area is 104 Å². The average Bonchev–Trinajstić information content (AvgIpc) is 2.28. The van der Waals surface area contributed by atoms with Gasteiger partial charge in [-0.3, -0.25) is 0 Å². The number of rotatable bonds is 6. The molecule has 0 aliphatic carbocycles. The first-order chi connectivity index (χ1) is 8.04. The van der Waals surface area contributed by atoms with Crippen LogP contribution in [0, 0.1) is 0 Å². The van der Waals surface area contributed by atoms with Gasteiger partial charge in [0.05, 0.1) is 12.2 Å². The molecule has 94 valence electrons. The van der Waals surface area contributed by atoms with Crippen molar-refractivity contribution in [2.45, 2.75) is 20.0 Å². The van der Waals surface area contributed by atoms with Gasteiger partial charge in [0.15, 0.2) is 0 Å². The summed E-state index contributed by atoms with van der Waals surface area (Å²) in [6, 6.07) is 1.31. The van der Waals surface area contributed by atoms with Crippen molar-refractivity contribution in [3.8, 4) is 5.88 Å². The van der Waals surface area contributed by atoms with Gasteiger partial charge in [-0.15, -0.1) is 0 Å². The van der Waals surface area contributed by atoms with E-state index in [1.165, 1.54) is 12.3 Å². The van der Waals surface area contributed by atoms with Crippen LogP contribution in [0.4, 0.5) is 0 Å². The van der Waals surface area contributed by atoms with Crippen LogP contribution in [0.2, 0.25) is 5.02 Å². The van der Waals surface area contributed by atoms with Gasteiger partial charge in [-0.1, -0.05) is 11.6 Å². The molecule has 0 aliphatic rings. The monoisotopic (exact) mass is 259 g/mol. The minimum atomic E-state index is -1.08. The first-order valence-corrected chi connectivity index (χ1v) is 5.55. The summed E-state index contributed by atoms with van der Waals surface area (Å²) in [6.07, 6.45) is 1.01. The van der Waals surface area contributed by atoms with E-state index in [2.05, 4.69) is 4.98 Å². The van der Waals surface area contributed by atoms with E-state index in [0.717, 1.165) is 0 Å². The highest BCUT2D eigenvalue weighted by Crippen LogP contribution is 2.23. The first-order valence-electron chi connectivity index (χ1n) is 5.17. The summed E-state index contributed by atoms with van der Waals surface area (Å²) in [4.78, 5) is 14.5. The number of carbonyl (C=O) groups is 1. The summed E-state index contributed by atoms with van der Waals surface area (Å²) in [7, 11) is 0. The predicted molar refractivity (Wildman–Crippen MR) is 62.8 cm³/mol. The molecule has 0 aromatic carbocycles. The number of aromatic carboxylic acids is 1. The summed E-state index contributed by atoms with van der Waals surface area (Å²) in [6.45, 7) is 4.74. The molecule has 5 nitrogen and oxygen atoms in total. The van der Waals surface area contributed by atoms with Gasteiger partial charge in [-0.05, 0) is 19.9 Å². The van der Waals surface area contributed by atoms with Gasteiger partial charge in [-0.2, -0.15) is 0 Å². The Balaban J connectivity index is 2.69. The van der Waals surface area contributed by atoms with Crippen LogP contribution in [0.15, 0.2) is 12.3 Å². The molecule has 1 unspecified atom stereocenters. The molecule has 0 fully saturated rings. The number of halogens is 1. The Morgan fingerprint density at radius 1 is 1.65 bits per heavy atom. The molecule has 0 aliphatic heterocycles. The zero-order valence-corrected chi connectivity index (χ0v) is 10.4. The van der Waals surface area contributed by atoms with Gasteiger partial charge in [-0.25, -0.2) is 9.78 Å². The van der Waals surface area contributed by atoms with Crippen molar-refractivity contribution in [1.29, 1.82) is 0 Å². The Morgan fingerprint density at radius 2 is 2.35 bits per heavy atom. The molecule has 0 spiro atoms. The second-order valence-corrected chi connectivity index (χ2v) is 3.81. The SMILES string of the molecule is CCOCC(C)Oc1ncc(C(=O)O)cc1Cl. The molecule has 1 aromatic rings. The number of pyridine rings is 1. The van der Waals surface area contributed by atoms with Gasteiger partial charge < -0.3 is 14.6 Å². The van der Waals surface area contributed by atoms with Crippen LogP contribution < -0.4 is 4.74 Å². The van der Waals surface area contributed by atoms with E-state index in [9.17, 15) is 4.79 Å². The molecule has 1 atom stereocenters. The van der Waals surface area contributed by atoms with Crippen LogP contribution in [-0.4, -0.2) is 35.4 Å². The fraction of sp³-hybridized carbons (Fsp3) is 0.455. The number of ether oxygens (including phenoxy) is 2. The van der Waals surface area contributed by atoms with Crippen molar-refractivity contribution in [2.75, 3.05) is 13.2 Å². The van der Waals surface area contributed by atoms with Crippen molar-refractivity contribution >= 4 is 17.6 Å². The predicted octanol–water partition coefficient (Wildman–Crippen LogP) is 2.24. The molecule has 0 radical (unpaired) electrons. The number of hydrogen-bond donors (Lipinski definition) is 1. The summed E-state index contributed by atoms with van der Waals surface area (Å²) in [5, 5.41) is 8.91. The van der Waals surface area contributed by atoms with Crippen LogP contribution in [-0.2, 0) is 4.74 Å². The summed E-state index contributed by atoms with van der Waals surface area (Å²) < 4.78 is 10.6. The topological polar surface area (TPSA) is 68.7 Å². The molecular weight excluding hydrogens is 246 g/mol. The molecule has 0 bridgehead atoms. The van der Waals surface area contributed by atoms with Crippen molar-refractivity contribution < 1.29 is 19.4 Å². The Kier molecular flexibility index (Phi) is 5.18. The maximum Gasteiger partial charge on any atom is 0.337 e. The number of hydrogen-bond acceptors (Lipinski definition) is 4. The number of nitrogens with zero attached hydrogens (tertiary/aromatic N) is 1. The van der Waals surface area contributed by atoms with Gasteiger partial charge in [0, 0.05) is 12.8 Å². The van der Waals surface area contributed by atoms with Gasteiger partial charge in [0.2, 0.25) is 5.88 Å². The Hall–Kier alpha value is -1.33. The highest BCUT2D eigenvalue weighted by molar-refractivity contribution is 6.32. The van der Waals surface area contributed by atoms with Crippen molar-refractivity contribution in [2.24, 2.45) is 0 Å². The average molecular weight is 260 g/mol. The van der Waals surface area contributed by atoms with Gasteiger partial charge in [0.25, 0.3) is 0 Å². The maximum atomic E-state index is 10.7. The molecule has 1 rings (SSSR count). The van der Waals surface area contributed by atoms with E-state index in [0.29, 0.717) is 13.2 Å². The maximum absolute atomic E-state index is 10.7. The molecule has 0 amide bonds. The van der Waals surface area contributed by atoms with Crippen LogP contribution in [0.5, 0.6) is 5.88 Å². The third-order valence-electron chi connectivity index (χ3n) is 1.92. The molecule has 6 heteroatoms. The van der Waals surface area contributed by atoms with E-state index in [1.54, 1.807) is 0 Å². The van der Waals surface area contributed by atoms with Gasteiger partial charge in [0.1, 0.15) is 11.1 Å². The van der Waals surface area contributed by atoms with E-state index < -0.39 is 5.97 Å². The third-order valence-corrected chi connectivity index (χ3v) is 2.19. The smallest absolute Gasteiger partial charge is 0.337 e. The molecule has 0 saturated heterocycles. The van der Waals surface area contributed by atoms with Crippen LogP contribution in [0.1, 0.15) is 24.2 Å². The lowest BCUT2D eigenvalue weighted by Gasteiger charge is -2.14. The molecular formula is C11H14ClNO4. The van der Waals surface area contributed by atoms with Crippen molar-refractivity contribution in [1.82, 2.24) is 4.98 Å². The minimum Gasteiger partial charge on any atom is -0.478 e. The number of carboxylic acids is 1. The summed E-state index contributed by atoms with van der Waals surface area (Å²) >= 11 is 5.86. The van der Waals surface area contributed by atoms with Crippen LogP contribution in [0.3, 0.4) is 0 Å². The fourth-order valence-corrected chi connectivity index (χ4v) is 1.35. The Morgan fingerprint density at radius 3 is 2.88 bits per heavy atom. The highest BCUT2D eigenvalue weighted by Gasteiger charge is 2.12. The number of carboxylic acid groups (broad SMARTS) is 1. The van der Waals surface area contributed by atoms with E-state index in [1.807, 2.05) is 13.8 Å². The van der Waals surface area contributed by atoms with Gasteiger partial charge >= 0.3 is 5.97 Å². The van der Waals surface area contributed by atoms with E-state index >= 15 is 0 Å². The summed E-state index contributed by atoms with van der Waals surface area (Å²) in [5.74, 6) is -0.864. The standard InChI is InChI=1S/C11H14ClNO4/c1-3-16-6-7(2)17-10-9(12)4-8(5-13-10)11(14)15/h4-5,7H,3,6H2,1-2H3,(H,14,15). The first kappa shape index (κ1) is 13.7. The van der Waals surface area contributed by atoms with E-state index in [-0.39, 0.29) is 22.6 Å². The molecule has 1 N–H and O–H groups in total. The van der Waals surface area contributed by atoms with E-state index in [4.69, 9.17) is 26.2 Å². The molecule has 0 saturated carbocycles. The largest absolute Gasteiger partial charge is 0.478 e. The molecule has 1 heterocycles. The molecule has 17 heavy (non-hydrogen) atoms. The van der Waals surface area contributed by atoms with Crippen LogP contribution in [0.25, 0.3) is 0 Å². The second kappa shape index (κ2) is 6.42. The minimum absolute atomic E-state index is 0.0276. The fourth-order valence-electron chi connectivity index (χ4n) is 1.14. The van der Waals surface area contributed by atoms with Crippen molar-refractivity contribution in [3.63, 3.8) is 0 Å². The second-order valence-electron chi connectivity index (χ2n) is 3.40. The third kappa shape index (κ3) is 4.20. The summed E-state index contributed by atoms with van der Waals surface area (Å²) in [5.41, 5.74) is 0.0276. The lowest BCUT2D eigenvalue weighted by atomic mass is 10.3. The van der Waals surface area contributed by atoms with Crippen LogP contribution >= 0.6 is 11.6 Å². The zero-order valence-electron chi connectivity index (χ0n) is 9.64. The lowest BCUT2D eigenvalue weighted by Crippen LogP contribution is -2.20. The lowest BCUT2D eigenvalue weighted by molar-refractivity contribution is 0.0632. The molecule has 1 aromatic heterocycles. The normalized spacial score (nSPS) is 12.2.